The SMILES string of the molecule is O=C(CC(=O)Nc1ccccc1)N/N=C/c1ccc(O)c([N+](=O)[O-])c1. The van der Waals surface area contributed by atoms with Gasteiger partial charge in [0, 0.05) is 17.3 Å². The van der Waals surface area contributed by atoms with E-state index in [0.29, 0.717) is 11.3 Å². The number of nitrogens with one attached hydrogen (secondary N) is 2. The van der Waals surface area contributed by atoms with Crippen molar-refractivity contribution in [2.75, 3.05) is 5.32 Å². The Labute approximate surface area is 142 Å². The number of anilines is 1. The lowest BCUT2D eigenvalue weighted by Crippen LogP contribution is -2.24. The van der Waals surface area contributed by atoms with Gasteiger partial charge in [0.2, 0.25) is 11.8 Å². The van der Waals surface area contributed by atoms with Gasteiger partial charge in [0.1, 0.15) is 6.42 Å². The molecule has 2 rings (SSSR count). The van der Waals surface area contributed by atoms with Crippen molar-refractivity contribution in [1.82, 2.24) is 5.43 Å². The third kappa shape index (κ3) is 5.43. The van der Waals surface area contributed by atoms with Gasteiger partial charge in [0.05, 0.1) is 11.1 Å². The molecular weight excluding hydrogens is 328 g/mol. The first-order valence-electron chi connectivity index (χ1n) is 7.10. The summed E-state index contributed by atoms with van der Waals surface area (Å²) in [6.45, 7) is 0. The smallest absolute Gasteiger partial charge is 0.311 e. The van der Waals surface area contributed by atoms with Crippen LogP contribution in [0.15, 0.2) is 53.6 Å². The lowest BCUT2D eigenvalue weighted by atomic mass is 10.2. The minimum absolute atomic E-state index is 0.304. The average molecular weight is 342 g/mol. The van der Waals surface area contributed by atoms with Crippen LogP contribution in [0.3, 0.4) is 0 Å². The molecular formula is C16H14N4O5. The van der Waals surface area contributed by atoms with Gasteiger partial charge in [-0.1, -0.05) is 18.2 Å². The van der Waals surface area contributed by atoms with Crippen molar-refractivity contribution in [2.45, 2.75) is 6.42 Å². The first-order valence-corrected chi connectivity index (χ1v) is 7.10. The van der Waals surface area contributed by atoms with Crippen molar-refractivity contribution in [3.05, 3.63) is 64.2 Å². The third-order valence-corrected chi connectivity index (χ3v) is 2.98. The molecule has 2 aromatic rings. The number of para-hydroxylation sites is 1. The second-order valence-electron chi connectivity index (χ2n) is 4.89. The summed E-state index contributed by atoms with van der Waals surface area (Å²) >= 11 is 0. The molecule has 9 nitrogen and oxygen atoms in total. The number of hydrogen-bond acceptors (Lipinski definition) is 6. The molecule has 0 unspecified atom stereocenters. The molecule has 0 aromatic heterocycles. The monoisotopic (exact) mass is 342 g/mol. The number of hydrazone groups is 1. The average Bonchev–Trinajstić information content (AvgIpc) is 2.56. The molecule has 0 heterocycles. The topological polar surface area (TPSA) is 134 Å². The van der Waals surface area contributed by atoms with Gasteiger partial charge in [0.15, 0.2) is 5.75 Å². The van der Waals surface area contributed by atoms with Crippen molar-refractivity contribution in [3.63, 3.8) is 0 Å². The van der Waals surface area contributed by atoms with Crippen LogP contribution in [0.2, 0.25) is 0 Å². The Morgan fingerprint density at radius 3 is 2.56 bits per heavy atom. The summed E-state index contributed by atoms with van der Waals surface area (Å²) < 4.78 is 0. The number of phenols is 1. The Kier molecular flexibility index (Phi) is 5.77. The van der Waals surface area contributed by atoms with Crippen LogP contribution < -0.4 is 10.7 Å². The Morgan fingerprint density at radius 2 is 1.88 bits per heavy atom. The van der Waals surface area contributed by atoms with Gasteiger partial charge in [-0.25, -0.2) is 5.43 Å². The number of nitro groups is 1. The minimum Gasteiger partial charge on any atom is -0.502 e. The summed E-state index contributed by atoms with van der Waals surface area (Å²) in [5.41, 5.74) is 2.55. The summed E-state index contributed by atoms with van der Waals surface area (Å²) in [6, 6.07) is 12.3. The number of nitrogens with zero attached hydrogens (tertiary/aromatic N) is 2. The van der Waals surface area contributed by atoms with Gasteiger partial charge in [-0.2, -0.15) is 5.10 Å². The summed E-state index contributed by atoms with van der Waals surface area (Å²) in [4.78, 5) is 33.3. The van der Waals surface area contributed by atoms with E-state index in [2.05, 4.69) is 15.8 Å². The summed E-state index contributed by atoms with van der Waals surface area (Å²) in [5, 5.41) is 26.2. The van der Waals surface area contributed by atoms with Crippen molar-refractivity contribution in [1.29, 1.82) is 0 Å². The quantitative estimate of drug-likeness (QED) is 0.318. The fourth-order valence-electron chi connectivity index (χ4n) is 1.86. The van der Waals surface area contributed by atoms with Crippen LogP contribution in [-0.2, 0) is 9.59 Å². The lowest BCUT2D eigenvalue weighted by Gasteiger charge is -2.03. The Bertz CT molecular complexity index is 821. The minimum atomic E-state index is -0.737. The summed E-state index contributed by atoms with van der Waals surface area (Å²) in [6.07, 6.45) is 0.738. The molecule has 9 heteroatoms. The van der Waals surface area contributed by atoms with E-state index >= 15 is 0 Å². The number of carbonyl (C=O) groups excluding carboxylic acids is 2. The maximum atomic E-state index is 11.7. The highest BCUT2D eigenvalue weighted by Crippen LogP contribution is 2.25. The fourth-order valence-corrected chi connectivity index (χ4v) is 1.86. The maximum absolute atomic E-state index is 11.7. The molecule has 0 spiro atoms. The van der Waals surface area contributed by atoms with Crippen LogP contribution in [0.1, 0.15) is 12.0 Å². The highest BCUT2D eigenvalue weighted by Gasteiger charge is 2.13. The highest BCUT2D eigenvalue weighted by molar-refractivity contribution is 6.03. The summed E-state index contributed by atoms with van der Waals surface area (Å²) in [5.74, 6) is -1.61. The van der Waals surface area contributed by atoms with Gasteiger partial charge in [-0.05, 0) is 24.3 Å². The summed E-state index contributed by atoms with van der Waals surface area (Å²) in [7, 11) is 0. The fraction of sp³-hybridized carbons (Fsp3) is 0.0625. The van der Waals surface area contributed by atoms with E-state index in [1.165, 1.54) is 12.3 Å². The number of carbonyl (C=O) groups is 2. The van der Waals surface area contributed by atoms with Crippen molar-refractivity contribution < 1.29 is 19.6 Å². The maximum Gasteiger partial charge on any atom is 0.311 e. The number of hydrogen-bond donors (Lipinski definition) is 3. The number of amides is 2. The number of aromatic hydroxyl groups is 1. The molecule has 0 aliphatic rings. The largest absolute Gasteiger partial charge is 0.502 e. The molecule has 2 amide bonds. The number of rotatable bonds is 6. The lowest BCUT2D eigenvalue weighted by molar-refractivity contribution is -0.385. The van der Waals surface area contributed by atoms with E-state index in [1.54, 1.807) is 30.3 Å². The zero-order valence-electron chi connectivity index (χ0n) is 12.9. The molecule has 0 aliphatic heterocycles. The molecule has 25 heavy (non-hydrogen) atoms. The van der Waals surface area contributed by atoms with E-state index in [-0.39, 0.29) is 0 Å². The second kappa shape index (κ2) is 8.20. The first kappa shape index (κ1) is 17.6. The van der Waals surface area contributed by atoms with Crippen LogP contribution >= 0.6 is 0 Å². The Morgan fingerprint density at radius 1 is 1.16 bits per heavy atom. The number of phenolic OH excluding ortho intramolecular Hbond substituents is 1. The van der Waals surface area contributed by atoms with Crippen molar-refractivity contribution in [3.8, 4) is 5.75 Å². The van der Waals surface area contributed by atoms with E-state index in [9.17, 15) is 24.8 Å². The van der Waals surface area contributed by atoms with Gasteiger partial charge in [-0.3, -0.25) is 19.7 Å². The van der Waals surface area contributed by atoms with Crippen molar-refractivity contribution in [2.24, 2.45) is 5.10 Å². The van der Waals surface area contributed by atoms with Crippen LogP contribution in [0.4, 0.5) is 11.4 Å². The molecule has 0 fully saturated rings. The molecule has 128 valence electrons. The van der Waals surface area contributed by atoms with Crippen LogP contribution in [0.25, 0.3) is 0 Å². The van der Waals surface area contributed by atoms with Gasteiger partial charge < -0.3 is 10.4 Å². The van der Waals surface area contributed by atoms with E-state index < -0.39 is 34.6 Å². The molecule has 0 saturated heterocycles. The van der Waals surface area contributed by atoms with Gasteiger partial charge in [0.25, 0.3) is 0 Å². The standard InChI is InChI=1S/C16H14N4O5/c21-14-7-6-11(8-13(14)20(24)25)10-17-19-16(23)9-15(22)18-12-4-2-1-3-5-12/h1-8,10,21H,9H2,(H,18,22)(H,19,23)/b17-10+. The molecule has 0 radical (unpaired) electrons. The molecule has 0 saturated carbocycles. The Hall–Kier alpha value is -3.75. The zero-order valence-corrected chi connectivity index (χ0v) is 12.9. The van der Waals surface area contributed by atoms with Crippen LogP contribution in [-0.4, -0.2) is 28.1 Å². The Balaban J connectivity index is 1.87. The van der Waals surface area contributed by atoms with Gasteiger partial charge >= 0.3 is 5.69 Å². The predicted molar refractivity (Wildman–Crippen MR) is 90.2 cm³/mol. The third-order valence-electron chi connectivity index (χ3n) is 2.98. The first-order chi connectivity index (χ1) is 12.0. The molecule has 0 atom stereocenters. The number of nitro benzene ring substituents is 1. The molecule has 2 aromatic carbocycles. The highest BCUT2D eigenvalue weighted by atomic mass is 16.6. The molecule has 3 N–H and O–H groups in total. The second-order valence-corrected chi connectivity index (χ2v) is 4.89. The van der Waals surface area contributed by atoms with Crippen LogP contribution in [0, 0.1) is 10.1 Å². The normalized spacial score (nSPS) is 10.4. The van der Waals surface area contributed by atoms with E-state index in [4.69, 9.17) is 0 Å². The van der Waals surface area contributed by atoms with E-state index in [1.807, 2.05) is 0 Å². The van der Waals surface area contributed by atoms with Gasteiger partial charge in [-0.15, -0.1) is 0 Å². The van der Waals surface area contributed by atoms with Crippen molar-refractivity contribution >= 4 is 29.4 Å². The van der Waals surface area contributed by atoms with Crippen LogP contribution in [0.5, 0.6) is 5.75 Å². The molecule has 0 bridgehead atoms. The van der Waals surface area contributed by atoms with E-state index in [0.717, 1.165) is 12.1 Å². The predicted octanol–water partition coefficient (Wildman–Crippen LogP) is 1.78. The molecule has 0 aliphatic carbocycles. The number of benzene rings is 2. The zero-order chi connectivity index (χ0) is 18.2.